The van der Waals surface area contributed by atoms with E-state index in [0.29, 0.717) is 6.54 Å². The second-order valence-corrected chi connectivity index (χ2v) is 3.80. The molecule has 2 heteroatoms. The highest BCUT2D eigenvalue weighted by molar-refractivity contribution is 5.23. The molecule has 0 spiro atoms. The van der Waals surface area contributed by atoms with E-state index in [4.69, 9.17) is 5.73 Å². The molecule has 2 nitrogen and oxygen atoms in total. The van der Waals surface area contributed by atoms with Gasteiger partial charge in [-0.15, -0.1) is 0 Å². The maximum absolute atomic E-state index is 5.62. The zero-order valence-corrected chi connectivity index (χ0v) is 9.87. The van der Waals surface area contributed by atoms with E-state index in [9.17, 15) is 0 Å². The Labute approximate surface area is 93.1 Å². The third-order valence-electron chi connectivity index (χ3n) is 2.84. The topological polar surface area (TPSA) is 29.3 Å². The van der Waals surface area contributed by atoms with Crippen molar-refractivity contribution in [2.24, 2.45) is 5.73 Å². The molecule has 2 N–H and O–H groups in total. The van der Waals surface area contributed by atoms with Gasteiger partial charge in [-0.2, -0.15) is 0 Å². The normalized spacial score (nSPS) is 10.9. The number of rotatable bonds is 6. The van der Waals surface area contributed by atoms with Gasteiger partial charge >= 0.3 is 0 Å². The summed E-state index contributed by atoms with van der Waals surface area (Å²) in [4.78, 5) is 2.44. The van der Waals surface area contributed by atoms with Crippen LogP contribution in [0.3, 0.4) is 0 Å². The van der Waals surface area contributed by atoms with Gasteiger partial charge in [0.25, 0.3) is 0 Å². The molecule has 0 aliphatic carbocycles. The van der Waals surface area contributed by atoms with Crippen molar-refractivity contribution in [3.05, 3.63) is 35.4 Å². The molecule has 15 heavy (non-hydrogen) atoms. The summed E-state index contributed by atoms with van der Waals surface area (Å²) in [6.45, 7) is 8.46. The molecule has 1 rings (SSSR count). The summed E-state index contributed by atoms with van der Waals surface area (Å²) in [5, 5.41) is 0. The predicted octanol–water partition coefficient (Wildman–Crippen LogP) is 2.03. The minimum atomic E-state index is 0.638. The van der Waals surface area contributed by atoms with Crippen LogP contribution in [0.25, 0.3) is 0 Å². The second kappa shape index (κ2) is 6.59. The minimum Gasteiger partial charge on any atom is -0.326 e. The first-order chi connectivity index (χ1) is 7.30. The first-order valence-corrected chi connectivity index (χ1v) is 5.80. The molecule has 0 saturated carbocycles. The number of benzene rings is 1. The summed E-state index contributed by atoms with van der Waals surface area (Å²) in [5.74, 6) is 0. The lowest BCUT2D eigenvalue weighted by Gasteiger charge is -2.17. The quantitative estimate of drug-likeness (QED) is 0.771. The summed E-state index contributed by atoms with van der Waals surface area (Å²) < 4.78 is 0. The van der Waals surface area contributed by atoms with Crippen LogP contribution in [-0.2, 0) is 13.0 Å². The molecule has 0 bridgehead atoms. The van der Waals surface area contributed by atoms with Crippen LogP contribution in [0, 0.1) is 0 Å². The molecule has 0 atom stereocenters. The van der Waals surface area contributed by atoms with Crippen molar-refractivity contribution in [2.45, 2.75) is 26.8 Å². The Bertz CT molecular complexity index is 280. The monoisotopic (exact) mass is 206 g/mol. The van der Waals surface area contributed by atoms with Crippen LogP contribution >= 0.6 is 0 Å². The average molecular weight is 206 g/mol. The fraction of sp³-hybridized carbons (Fsp3) is 0.538. The number of likely N-dealkylation sites (N-methyl/N-ethyl adjacent to an activating group) is 1. The Balaban J connectivity index is 2.49. The van der Waals surface area contributed by atoms with Gasteiger partial charge in [-0.25, -0.2) is 0 Å². The molecule has 0 unspecified atom stereocenters. The molecule has 0 fully saturated rings. The molecule has 0 aliphatic heterocycles. The molecule has 84 valence electrons. The summed E-state index contributed by atoms with van der Waals surface area (Å²) in [6.07, 6.45) is 1.12. The smallest absolute Gasteiger partial charge is 0.0178 e. The van der Waals surface area contributed by atoms with Gasteiger partial charge in [-0.05, 0) is 30.6 Å². The van der Waals surface area contributed by atoms with E-state index in [1.165, 1.54) is 11.1 Å². The second-order valence-electron chi connectivity index (χ2n) is 3.80. The fourth-order valence-corrected chi connectivity index (χ4v) is 1.74. The molecular weight excluding hydrogens is 184 g/mol. The van der Waals surface area contributed by atoms with Crippen LogP contribution in [0.5, 0.6) is 0 Å². The SMILES string of the molecule is CCN(CC)CCc1cccc(CN)c1. The Kier molecular flexibility index (Phi) is 5.37. The maximum atomic E-state index is 5.62. The van der Waals surface area contributed by atoms with Crippen LogP contribution in [0.4, 0.5) is 0 Å². The molecule has 0 heterocycles. The van der Waals surface area contributed by atoms with Crippen LogP contribution in [0.1, 0.15) is 25.0 Å². The average Bonchev–Trinajstić information content (AvgIpc) is 2.31. The van der Waals surface area contributed by atoms with Gasteiger partial charge in [0.15, 0.2) is 0 Å². The highest BCUT2D eigenvalue weighted by atomic mass is 15.1. The van der Waals surface area contributed by atoms with Gasteiger partial charge in [-0.1, -0.05) is 38.1 Å². The van der Waals surface area contributed by atoms with Crippen LogP contribution < -0.4 is 5.73 Å². The van der Waals surface area contributed by atoms with E-state index in [2.05, 4.69) is 43.0 Å². The van der Waals surface area contributed by atoms with E-state index in [1.54, 1.807) is 0 Å². The van der Waals surface area contributed by atoms with Crippen molar-refractivity contribution in [1.82, 2.24) is 4.90 Å². The van der Waals surface area contributed by atoms with Gasteiger partial charge in [0.1, 0.15) is 0 Å². The molecule has 0 saturated heterocycles. The van der Waals surface area contributed by atoms with Gasteiger partial charge in [0.05, 0.1) is 0 Å². The molecule has 0 amide bonds. The zero-order valence-electron chi connectivity index (χ0n) is 9.87. The lowest BCUT2D eigenvalue weighted by atomic mass is 10.1. The highest BCUT2D eigenvalue weighted by Gasteiger charge is 2.00. The van der Waals surface area contributed by atoms with Gasteiger partial charge in [-0.3, -0.25) is 0 Å². The Morgan fingerprint density at radius 1 is 1.13 bits per heavy atom. The number of nitrogens with zero attached hydrogens (tertiary/aromatic N) is 1. The molecule has 0 aliphatic rings. The highest BCUT2D eigenvalue weighted by Crippen LogP contribution is 2.06. The van der Waals surface area contributed by atoms with E-state index in [1.807, 2.05) is 0 Å². The van der Waals surface area contributed by atoms with Crippen molar-refractivity contribution in [3.8, 4) is 0 Å². The molecule has 0 aromatic heterocycles. The van der Waals surface area contributed by atoms with Crippen LogP contribution in [-0.4, -0.2) is 24.5 Å². The van der Waals surface area contributed by atoms with Crippen LogP contribution in [0.15, 0.2) is 24.3 Å². The fourth-order valence-electron chi connectivity index (χ4n) is 1.74. The Morgan fingerprint density at radius 3 is 2.40 bits per heavy atom. The van der Waals surface area contributed by atoms with Gasteiger partial charge in [0.2, 0.25) is 0 Å². The molecule has 1 aromatic rings. The van der Waals surface area contributed by atoms with E-state index >= 15 is 0 Å². The lowest BCUT2D eigenvalue weighted by Crippen LogP contribution is -2.25. The number of nitrogens with two attached hydrogens (primary N) is 1. The first kappa shape index (κ1) is 12.2. The molecule has 0 radical (unpaired) electrons. The minimum absolute atomic E-state index is 0.638. The predicted molar refractivity (Wildman–Crippen MR) is 65.8 cm³/mol. The van der Waals surface area contributed by atoms with Crippen molar-refractivity contribution in [3.63, 3.8) is 0 Å². The zero-order chi connectivity index (χ0) is 11.1. The Hall–Kier alpha value is -0.860. The van der Waals surface area contributed by atoms with Gasteiger partial charge < -0.3 is 10.6 Å². The van der Waals surface area contributed by atoms with Crippen molar-refractivity contribution in [1.29, 1.82) is 0 Å². The van der Waals surface area contributed by atoms with E-state index in [-0.39, 0.29) is 0 Å². The summed E-state index contributed by atoms with van der Waals surface area (Å²) in [7, 11) is 0. The number of hydrogen-bond acceptors (Lipinski definition) is 2. The summed E-state index contributed by atoms with van der Waals surface area (Å²) in [5.41, 5.74) is 8.24. The Morgan fingerprint density at radius 2 is 1.80 bits per heavy atom. The largest absolute Gasteiger partial charge is 0.326 e. The summed E-state index contributed by atoms with van der Waals surface area (Å²) in [6, 6.07) is 8.58. The van der Waals surface area contributed by atoms with Gasteiger partial charge in [0, 0.05) is 13.1 Å². The third-order valence-corrected chi connectivity index (χ3v) is 2.84. The maximum Gasteiger partial charge on any atom is 0.0178 e. The van der Waals surface area contributed by atoms with Crippen molar-refractivity contribution >= 4 is 0 Å². The van der Waals surface area contributed by atoms with Crippen molar-refractivity contribution in [2.75, 3.05) is 19.6 Å². The standard InChI is InChI=1S/C13H22N2/c1-3-15(4-2)9-8-12-6-5-7-13(10-12)11-14/h5-7,10H,3-4,8-9,11,14H2,1-2H3. The first-order valence-electron chi connectivity index (χ1n) is 5.80. The lowest BCUT2D eigenvalue weighted by molar-refractivity contribution is 0.308. The summed E-state index contributed by atoms with van der Waals surface area (Å²) >= 11 is 0. The third kappa shape index (κ3) is 4.02. The van der Waals surface area contributed by atoms with E-state index in [0.717, 1.165) is 26.1 Å². The van der Waals surface area contributed by atoms with Crippen LogP contribution in [0.2, 0.25) is 0 Å². The molecule has 1 aromatic carbocycles. The van der Waals surface area contributed by atoms with E-state index < -0.39 is 0 Å². The number of hydrogen-bond donors (Lipinski definition) is 1. The van der Waals surface area contributed by atoms with Crippen molar-refractivity contribution < 1.29 is 0 Å². The molecular formula is C13H22N2.